The lowest BCUT2D eigenvalue weighted by molar-refractivity contribution is 0.190. The van der Waals surface area contributed by atoms with E-state index >= 15 is 0 Å². The minimum atomic E-state index is -0.186. The van der Waals surface area contributed by atoms with Crippen molar-refractivity contribution in [1.82, 2.24) is 4.90 Å². The third kappa shape index (κ3) is 4.25. The van der Waals surface area contributed by atoms with Gasteiger partial charge >= 0.3 is 0 Å². The molecular formula is C22H30FN3. The zero-order valence-electron chi connectivity index (χ0n) is 16.1. The Morgan fingerprint density at radius 2 is 1.50 bits per heavy atom. The van der Waals surface area contributed by atoms with Crippen molar-refractivity contribution < 1.29 is 4.39 Å². The Kier molecular flexibility index (Phi) is 5.64. The SMILES string of the molecule is CC(C)(C)c1ccc(C(CN)N2CCN(c3ccc(F)cc3)CC2)cc1. The number of nitrogens with zero attached hydrogens (tertiary/aromatic N) is 2. The first-order chi connectivity index (χ1) is 12.4. The van der Waals surface area contributed by atoms with Crippen LogP contribution in [-0.2, 0) is 5.41 Å². The summed E-state index contributed by atoms with van der Waals surface area (Å²) in [5, 5.41) is 0. The van der Waals surface area contributed by atoms with E-state index < -0.39 is 0 Å². The molecular weight excluding hydrogens is 325 g/mol. The maximum absolute atomic E-state index is 13.1. The summed E-state index contributed by atoms with van der Waals surface area (Å²) in [4.78, 5) is 4.78. The summed E-state index contributed by atoms with van der Waals surface area (Å²) in [7, 11) is 0. The second-order valence-corrected chi connectivity index (χ2v) is 8.12. The molecule has 1 unspecified atom stereocenters. The molecule has 1 heterocycles. The Morgan fingerprint density at radius 3 is 2.00 bits per heavy atom. The predicted octanol–water partition coefficient (Wildman–Crippen LogP) is 3.95. The fourth-order valence-electron chi connectivity index (χ4n) is 3.64. The molecule has 3 rings (SSSR count). The van der Waals surface area contributed by atoms with Crippen LogP contribution >= 0.6 is 0 Å². The molecule has 1 atom stereocenters. The van der Waals surface area contributed by atoms with Gasteiger partial charge in [-0.1, -0.05) is 45.0 Å². The molecule has 1 aliphatic rings. The molecule has 26 heavy (non-hydrogen) atoms. The van der Waals surface area contributed by atoms with Gasteiger partial charge in [0.2, 0.25) is 0 Å². The van der Waals surface area contributed by atoms with Crippen LogP contribution in [0.5, 0.6) is 0 Å². The smallest absolute Gasteiger partial charge is 0.123 e. The Hall–Kier alpha value is -1.91. The number of anilines is 1. The van der Waals surface area contributed by atoms with Crippen molar-refractivity contribution in [2.24, 2.45) is 5.73 Å². The van der Waals surface area contributed by atoms with Gasteiger partial charge in [0.15, 0.2) is 0 Å². The van der Waals surface area contributed by atoms with Crippen LogP contribution in [-0.4, -0.2) is 37.6 Å². The fraction of sp³-hybridized carbons (Fsp3) is 0.455. The highest BCUT2D eigenvalue weighted by Crippen LogP contribution is 2.27. The maximum Gasteiger partial charge on any atom is 0.123 e. The molecule has 0 bridgehead atoms. The van der Waals surface area contributed by atoms with Gasteiger partial charge in [0, 0.05) is 44.5 Å². The molecule has 0 amide bonds. The molecule has 0 radical (unpaired) electrons. The number of halogens is 1. The second-order valence-electron chi connectivity index (χ2n) is 8.12. The van der Waals surface area contributed by atoms with Crippen LogP contribution in [0.4, 0.5) is 10.1 Å². The van der Waals surface area contributed by atoms with Crippen LogP contribution in [0.2, 0.25) is 0 Å². The molecule has 0 saturated carbocycles. The van der Waals surface area contributed by atoms with Crippen molar-refractivity contribution in [3.05, 3.63) is 65.5 Å². The molecule has 0 aliphatic carbocycles. The normalized spacial score (nSPS) is 17.3. The first kappa shape index (κ1) is 18.9. The number of nitrogens with two attached hydrogens (primary N) is 1. The molecule has 2 N–H and O–H groups in total. The average molecular weight is 356 g/mol. The lowest BCUT2D eigenvalue weighted by Gasteiger charge is -2.40. The number of hydrogen-bond acceptors (Lipinski definition) is 3. The minimum Gasteiger partial charge on any atom is -0.369 e. The first-order valence-electron chi connectivity index (χ1n) is 9.43. The van der Waals surface area contributed by atoms with Crippen molar-refractivity contribution in [2.75, 3.05) is 37.6 Å². The highest BCUT2D eigenvalue weighted by Gasteiger charge is 2.25. The third-order valence-electron chi connectivity index (χ3n) is 5.33. The Labute approximate surface area is 156 Å². The predicted molar refractivity (Wildman–Crippen MR) is 107 cm³/mol. The summed E-state index contributed by atoms with van der Waals surface area (Å²) < 4.78 is 13.1. The molecule has 1 saturated heterocycles. The van der Waals surface area contributed by atoms with Crippen molar-refractivity contribution >= 4 is 5.69 Å². The van der Waals surface area contributed by atoms with Crippen LogP contribution in [0.1, 0.15) is 37.9 Å². The largest absolute Gasteiger partial charge is 0.369 e. The zero-order valence-corrected chi connectivity index (χ0v) is 16.1. The van der Waals surface area contributed by atoms with Gasteiger partial charge in [0.05, 0.1) is 0 Å². The highest BCUT2D eigenvalue weighted by molar-refractivity contribution is 5.46. The molecule has 0 spiro atoms. The van der Waals surface area contributed by atoms with E-state index in [2.05, 4.69) is 54.8 Å². The van der Waals surface area contributed by atoms with E-state index in [0.717, 1.165) is 31.9 Å². The van der Waals surface area contributed by atoms with Gasteiger partial charge in [-0.2, -0.15) is 0 Å². The third-order valence-corrected chi connectivity index (χ3v) is 5.33. The molecule has 0 aromatic heterocycles. The first-order valence-corrected chi connectivity index (χ1v) is 9.43. The second kappa shape index (κ2) is 7.77. The van der Waals surface area contributed by atoms with E-state index in [4.69, 9.17) is 5.73 Å². The summed E-state index contributed by atoms with van der Waals surface area (Å²) in [5.41, 5.74) is 10.0. The Morgan fingerprint density at radius 1 is 0.923 bits per heavy atom. The van der Waals surface area contributed by atoms with E-state index in [1.54, 1.807) is 0 Å². The Bertz CT molecular complexity index is 696. The van der Waals surface area contributed by atoms with Crippen LogP contribution in [0, 0.1) is 5.82 Å². The van der Waals surface area contributed by atoms with Gasteiger partial charge in [-0.05, 0) is 40.8 Å². The summed E-state index contributed by atoms with van der Waals surface area (Å²) in [6.07, 6.45) is 0. The van der Waals surface area contributed by atoms with Gasteiger partial charge in [-0.25, -0.2) is 4.39 Å². The molecule has 2 aromatic rings. The number of rotatable bonds is 4. The topological polar surface area (TPSA) is 32.5 Å². The van der Waals surface area contributed by atoms with E-state index in [-0.39, 0.29) is 17.3 Å². The van der Waals surface area contributed by atoms with E-state index in [0.29, 0.717) is 6.54 Å². The van der Waals surface area contributed by atoms with Gasteiger partial charge < -0.3 is 10.6 Å². The van der Waals surface area contributed by atoms with Gasteiger partial charge in [-0.3, -0.25) is 4.90 Å². The van der Waals surface area contributed by atoms with Crippen LogP contribution in [0.3, 0.4) is 0 Å². The van der Waals surface area contributed by atoms with Crippen molar-refractivity contribution in [2.45, 2.75) is 32.2 Å². The lowest BCUT2D eigenvalue weighted by atomic mass is 9.86. The number of benzene rings is 2. The minimum absolute atomic E-state index is 0.164. The van der Waals surface area contributed by atoms with Crippen molar-refractivity contribution in [1.29, 1.82) is 0 Å². The summed E-state index contributed by atoms with van der Waals surface area (Å²) in [6, 6.07) is 15.9. The Balaban J connectivity index is 1.66. The molecule has 4 heteroatoms. The van der Waals surface area contributed by atoms with E-state index in [1.165, 1.54) is 23.3 Å². The molecule has 2 aromatic carbocycles. The van der Waals surface area contributed by atoms with Crippen LogP contribution in [0.25, 0.3) is 0 Å². The molecule has 1 aliphatic heterocycles. The van der Waals surface area contributed by atoms with Gasteiger partial charge in [0.1, 0.15) is 5.82 Å². The van der Waals surface area contributed by atoms with E-state index in [1.807, 2.05) is 12.1 Å². The summed E-state index contributed by atoms with van der Waals surface area (Å²) in [6.45, 7) is 11.1. The van der Waals surface area contributed by atoms with Crippen molar-refractivity contribution in [3.8, 4) is 0 Å². The monoisotopic (exact) mass is 355 g/mol. The van der Waals surface area contributed by atoms with Crippen LogP contribution in [0.15, 0.2) is 48.5 Å². The number of piperazine rings is 1. The quantitative estimate of drug-likeness (QED) is 0.901. The molecule has 1 fully saturated rings. The molecule has 140 valence electrons. The lowest BCUT2D eigenvalue weighted by Crippen LogP contribution is -2.49. The average Bonchev–Trinajstić information content (AvgIpc) is 2.63. The van der Waals surface area contributed by atoms with Crippen molar-refractivity contribution in [3.63, 3.8) is 0 Å². The van der Waals surface area contributed by atoms with Gasteiger partial charge in [0.25, 0.3) is 0 Å². The van der Waals surface area contributed by atoms with E-state index in [9.17, 15) is 4.39 Å². The standard InChI is InChI=1S/C22H30FN3/c1-22(2,3)18-6-4-17(5-7-18)21(16-24)26-14-12-25(13-15-26)20-10-8-19(23)9-11-20/h4-11,21H,12-16,24H2,1-3H3. The maximum atomic E-state index is 13.1. The molecule has 3 nitrogen and oxygen atoms in total. The summed E-state index contributed by atoms with van der Waals surface area (Å²) >= 11 is 0. The fourth-order valence-corrected chi connectivity index (χ4v) is 3.64. The number of hydrogen-bond donors (Lipinski definition) is 1. The van der Waals surface area contributed by atoms with Crippen LogP contribution < -0.4 is 10.6 Å². The highest BCUT2D eigenvalue weighted by atomic mass is 19.1. The van der Waals surface area contributed by atoms with Gasteiger partial charge in [-0.15, -0.1) is 0 Å². The zero-order chi connectivity index (χ0) is 18.7. The summed E-state index contributed by atoms with van der Waals surface area (Å²) in [5.74, 6) is -0.186.